The smallest absolute Gasteiger partial charge is 0.122 e. The highest BCUT2D eigenvalue weighted by atomic mass is 35.5. The normalized spacial score (nSPS) is 9.64. The molecule has 1 heterocycles. The number of pyridine rings is 1. The summed E-state index contributed by atoms with van der Waals surface area (Å²) in [7, 11) is 0. The molecule has 0 saturated heterocycles. The summed E-state index contributed by atoms with van der Waals surface area (Å²) >= 11 is 10.5. The molecule has 1 aromatic heterocycles. The van der Waals surface area contributed by atoms with Gasteiger partial charge in [-0.25, -0.2) is 0 Å². The van der Waals surface area contributed by atoms with Crippen molar-refractivity contribution in [3.05, 3.63) is 28.5 Å². The number of halogens is 1. The number of hydrogen-bond acceptors (Lipinski definition) is 2. The molecule has 0 spiro atoms. The highest BCUT2D eigenvalue weighted by molar-refractivity contribution is 7.80. The van der Waals surface area contributed by atoms with Crippen LogP contribution in [0.2, 0.25) is 5.02 Å². The summed E-state index contributed by atoms with van der Waals surface area (Å²) in [5.41, 5.74) is 6.83. The van der Waals surface area contributed by atoms with Crippen molar-refractivity contribution in [1.82, 2.24) is 4.98 Å². The van der Waals surface area contributed by atoms with Crippen molar-refractivity contribution >= 4 is 28.8 Å². The van der Waals surface area contributed by atoms with Crippen LogP contribution in [0.5, 0.6) is 0 Å². The Balaban J connectivity index is 3.15. The lowest BCUT2D eigenvalue weighted by Crippen LogP contribution is -2.11. The van der Waals surface area contributed by atoms with Crippen molar-refractivity contribution in [2.75, 3.05) is 0 Å². The molecule has 0 amide bonds. The van der Waals surface area contributed by atoms with Crippen molar-refractivity contribution in [3.63, 3.8) is 0 Å². The first-order valence-electron chi connectivity index (χ1n) is 3.03. The lowest BCUT2D eigenvalue weighted by atomic mass is 10.3. The highest BCUT2D eigenvalue weighted by Gasteiger charge is 2.00. The molecular weight excluding hydrogens is 180 g/mol. The van der Waals surface area contributed by atoms with Gasteiger partial charge >= 0.3 is 0 Å². The molecule has 11 heavy (non-hydrogen) atoms. The van der Waals surface area contributed by atoms with Crippen LogP contribution in [0.1, 0.15) is 11.3 Å². The lowest BCUT2D eigenvalue weighted by molar-refractivity contribution is 1.24. The number of thiocarbonyl (C=S) groups is 1. The van der Waals surface area contributed by atoms with Crippen molar-refractivity contribution in [3.8, 4) is 0 Å². The zero-order valence-corrected chi connectivity index (χ0v) is 7.54. The second kappa shape index (κ2) is 3.15. The zero-order chi connectivity index (χ0) is 8.43. The number of nitrogens with two attached hydrogens (primary N) is 1. The first kappa shape index (κ1) is 8.43. The van der Waals surface area contributed by atoms with E-state index in [0.717, 1.165) is 5.56 Å². The molecule has 0 aliphatic rings. The van der Waals surface area contributed by atoms with E-state index in [1.54, 1.807) is 12.3 Å². The Bertz CT molecular complexity index is 298. The van der Waals surface area contributed by atoms with Crippen LogP contribution in [0.15, 0.2) is 12.3 Å². The molecule has 4 heteroatoms. The van der Waals surface area contributed by atoms with Crippen LogP contribution in [0.25, 0.3) is 0 Å². The molecule has 0 aliphatic heterocycles. The predicted molar refractivity (Wildman–Crippen MR) is 49.9 cm³/mol. The van der Waals surface area contributed by atoms with E-state index < -0.39 is 0 Å². The van der Waals surface area contributed by atoms with E-state index in [9.17, 15) is 0 Å². The van der Waals surface area contributed by atoms with Gasteiger partial charge in [0.2, 0.25) is 0 Å². The molecule has 0 radical (unpaired) electrons. The minimum absolute atomic E-state index is 0.270. The molecule has 2 nitrogen and oxygen atoms in total. The van der Waals surface area contributed by atoms with Crippen LogP contribution in [-0.2, 0) is 0 Å². The minimum Gasteiger partial charge on any atom is -0.388 e. The Morgan fingerprint density at radius 1 is 1.73 bits per heavy atom. The number of nitrogens with zero attached hydrogens (tertiary/aromatic N) is 1. The fourth-order valence-corrected chi connectivity index (χ4v) is 0.898. The molecule has 0 bridgehead atoms. The van der Waals surface area contributed by atoms with Gasteiger partial charge in [-0.15, -0.1) is 0 Å². The van der Waals surface area contributed by atoms with Crippen LogP contribution in [0.3, 0.4) is 0 Å². The van der Waals surface area contributed by atoms with E-state index in [-0.39, 0.29) is 4.99 Å². The quantitative estimate of drug-likeness (QED) is 0.679. The monoisotopic (exact) mass is 186 g/mol. The first-order valence-corrected chi connectivity index (χ1v) is 3.82. The van der Waals surface area contributed by atoms with Gasteiger partial charge in [0.25, 0.3) is 0 Å². The van der Waals surface area contributed by atoms with Crippen molar-refractivity contribution < 1.29 is 0 Å². The topological polar surface area (TPSA) is 38.9 Å². The third-order valence-electron chi connectivity index (χ3n) is 1.29. The van der Waals surface area contributed by atoms with Gasteiger partial charge in [-0.1, -0.05) is 23.8 Å². The van der Waals surface area contributed by atoms with Crippen molar-refractivity contribution in [1.29, 1.82) is 0 Å². The summed E-state index contributed by atoms with van der Waals surface area (Å²) in [6.07, 6.45) is 1.65. The third-order valence-corrected chi connectivity index (χ3v) is 1.91. The second-order valence-electron chi connectivity index (χ2n) is 2.18. The van der Waals surface area contributed by atoms with Crippen LogP contribution in [0, 0.1) is 6.92 Å². The molecule has 0 atom stereocenters. The summed E-state index contributed by atoms with van der Waals surface area (Å²) in [6, 6.07) is 1.67. The molecule has 0 unspecified atom stereocenters. The van der Waals surface area contributed by atoms with Crippen LogP contribution < -0.4 is 5.73 Å². The van der Waals surface area contributed by atoms with Crippen LogP contribution in [0.4, 0.5) is 0 Å². The van der Waals surface area contributed by atoms with Crippen molar-refractivity contribution in [2.45, 2.75) is 6.92 Å². The van der Waals surface area contributed by atoms with Gasteiger partial charge < -0.3 is 5.73 Å². The maximum Gasteiger partial charge on any atom is 0.122 e. The van der Waals surface area contributed by atoms with Gasteiger partial charge in [-0.3, -0.25) is 4.98 Å². The number of rotatable bonds is 1. The summed E-state index contributed by atoms with van der Waals surface area (Å²) in [4.78, 5) is 4.26. The summed E-state index contributed by atoms with van der Waals surface area (Å²) in [6.45, 7) is 1.87. The molecule has 1 rings (SSSR count). The van der Waals surface area contributed by atoms with Gasteiger partial charge in [0.1, 0.15) is 4.99 Å². The van der Waals surface area contributed by atoms with Gasteiger partial charge in [0.15, 0.2) is 0 Å². The first-order chi connectivity index (χ1) is 5.11. The Hall–Kier alpha value is -0.670. The third kappa shape index (κ3) is 1.88. The Labute approximate surface area is 75.4 Å². The fraction of sp³-hybridized carbons (Fsp3) is 0.143. The van der Waals surface area contributed by atoms with E-state index in [1.807, 2.05) is 6.92 Å². The largest absolute Gasteiger partial charge is 0.388 e. The number of aryl methyl sites for hydroxylation is 1. The lowest BCUT2D eigenvalue weighted by Gasteiger charge is -1.99. The molecule has 0 aromatic carbocycles. The minimum atomic E-state index is 0.270. The van der Waals surface area contributed by atoms with Crippen molar-refractivity contribution in [2.24, 2.45) is 5.73 Å². The molecule has 0 saturated carbocycles. The zero-order valence-electron chi connectivity index (χ0n) is 5.97. The van der Waals surface area contributed by atoms with E-state index in [1.165, 1.54) is 0 Å². The summed E-state index contributed by atoms with van der Waals surface area (Å²) in [5.74, 6) is 0. The number of aromatic nitrogens is 1. The maximum atomic E-state index is 5.80. The fourth-order valence-electron chi connectivity index (χ4n) is 0.634. The molecule has 0 aliphatic carbocycles. The summed E-state index contributed by atoms with van der Waals surface area (Å²) < 4.78 is 0. The highest BCUT2D eigenvalue weighted by Crippen LogP contribution is 2.13. The van der Waals surface area contributed by atoms with E-state index in [2.05, 4.69) is 4.98 Å². The standard InChI is InChI=1S/C7H7ClN2S/c1-4-3-10-6(7(9)11)2-5(4)8/h2-3H,1H3,(H2,9,11). The Morgan fingerprint density at radius 3 is 2.82 bits per heavy atom. The predicted octanol–water partition coefficient (Wildman–Crippen LogP) is 1.68. The molecular formula is C7H7ClN2S. The van der Waals surface area contributed by atoms with Crippen LogP contribution in [-0.4, -0.2) is 9.97 Å². The second-order valence-corrected chi connectivity index (χ2v) is 3.03. The number of hydrogen-bond donors (Lipinski definition) is 1. The molecule has 1 aromatic rings. The maximum absolute atomic E-state index is 5.80. The van der Waals surface area contributed by atoms with Crippen LogP contribution >= 0.6 is 23.8 Å². The van der Waals surface area contributed by atoms with Gasteiger partial charge in [-0.2, -0.15) is 0 Å². The Kier molecular flexibility index (Phi) is 2.42. The molecule has 0 fully saturated rings. The average molecular weight is 187 g/mol. The summed E-state index contributed by atoms with van der Waals surface area (Å²) in [5, 5.41) is 0.641. The van der Waals surface area contributed by atoms with E-state index >= 15 is 0 Å². The van der Waals surface area contributed by atoms with E-state index in [4.69, 9.17) is 29.6 Å². The van der Waals surface area contributed by atoms with Gasteiger partial charge in [0.05, 0.1) is 5.69 Å². The Morgan fingerprint density at radius 2 is 2.36 bits per heavy atom. The van der Waals surface area contributed by atoms with Gasteiger partial charge in [-0.05, 0) is 18.6 Å². The van der Waals surface area contributed by atoms with E-state index in [0.29, 0.717) is 10.7 Å². The molecule has 58 valence electrons. The average Bonchev–Trinajstić information content (AvgIpc) is 1.94. The van der Waals surface area contributed by atoms with Gasteiger partial charge in [0, 0.05) is 11.2 Å². The SMILES string of the molecule is Cc1cnc(C(N)=S)cc1Cl. The molecule has 2 N–H and O–H groups in total.